The van der Waals surface area contributed by atoms with Gasteiger partial charge in [-0.25, -0.2) is 4.79 Å². The third-order valence-electron chi connectivity index (χ3n) is 4.23. The van der Waals surface area contributed by atoms with Gasteiger partial charge in [0.2, 0.25) is 5.91 Å². The van der Waals surface area contributed by atoms with Crippen LogP contribution < -0.4 is 5.32 Å². The van der Waals surface area contributed by atoms with Crippen LogP contribution in [0.25, 0.3) is 6.08 Å². The number of esters is 1. The molecule has 1 heterocycles. The fourth-order valence-corrected chi connectivity index (χ4v) is 4.21. The number of anilines is 1. The van der Waals surface area contributed by atoms with E-state index in [9.17, 15) is 19.2 Å². The van der Waals surface area contributed by atoms with Gasteiger partial charge in [0, 0.05) is 10.2 Å². The normalized spacial score (nSPS) is 14.7. The quantitative estimate of drug-likeness (QED) is 0.378. The molecular formula is C22H18BrClN2O5S. The summed E-state index contributed by atoms with van der Waals surface area (Å²) in [4.78, 5) is 50.6. The molecule has 3 rings (SSSR count). The zero-order valence-electron chi connectivity index (χ0n) is 16.9. The number of imide groups is 1. The SMILES string of the molecule is CCCOC(=O)c1cc(NC(=O)CN2C(=O)S/C(=C/c3cccc(Br)c3)C2=O)ccc1Cl. The molecule has 0 bridgehead atoms. The minimum absolute atomic E-state index is 0.112. The lowest BCUT2D eigenvalue weighted by Gasteiger charge is -2.13. The third kappa shape index (κ3) is 5.99. The van der Waals surface area contributed by atoms with Crippen molar-refractivity contribution < 1.29 is 23.9 Å². The Morgan fingerprint density at radius 1 is 1.22 bits per heavy atom. The summed E-state index contributed by atoms with van der Waals surface area (Å²) in [5, 5.41) is 2.23. The van der Waals surface area contributed by atoms with Crippen LogP contribution >= 0.6 is 39.3 Å². The van der Waals surface area contributed by atoms with Crippen molar-refractivity contribution in [1.82, 2.24) is 4.90 Å². The summed E-state index contributed by atoms with van der Waals surface area (Å²) in [6.45, 7) is 1.65. The maximum atomic E-state index is 12.6. The van der Waals surface area contributed by atoms with Crippen molar-refractivity contribution in [1.29, 1.82) is 0 Å². The Bertz CT molecular complexity index is 1120. The van der Waals surface area contributed by atoms with E-state index in [-0.39, 0.29) is 22.1 Å². The van der Waals surface area contributed by atoms with Crippen LogP contribution in [0.3, 0.4) is 0 Å². The average Bonchev–Trinajstić information content (AvgIpc) is 3.00. The smallest absolute Gasteiger partial charge is 0.339 e. The van der Waals surface area contributed by atoms with Gasteiger partial charge >= 0.3 is 5.97 Å². The van der Waals surface area contributed by atoms with Crippen molar-refractivity contribution in [3.05, 3.63) is 68.0 Å². The molecule has 1 aliphatic rings. The number of nitrogens with zero attached hydrogens (tertiary/aromatic N) is 1. The third-order valence-corrected chi connectivity index (χ3v) is 5.96. The second kappa shape index (κ2) is 10.8. The number of hydrogen-bond donors (Lipinski definition) is 1. The predicted octanol–water partition coefficient (Wildman–Crippen LogP) is 5.34. The van der Waals surface area contributed by atoms with Gasteiger partial charge in [-0.3, -0.25) is 19.3 Å². The monoisotopic (exact) mass is 536 g/mol. The highest BCUT2D eigenvalue weighted by molar-refractivity contribution is 9.10. The first kappa shape index (κ1) is 24.0. The molecule has 0 unspecified atom stereocenters. The van der Waals surface area contributed by atoms with E-state index < -0.39 is 29.6 Å². The molecule has 32 heavy (non-hydrogen) atoms. The molecule has 0 radical (unpaired) electrons. The Morgan fingerprint density at radius 2 is 2.00 bits per heavy atom. The number of carbonyl (C=O) groups excluding carboxylic acids is 4. The van der Waals surface area contributed by atoms with Gasteiger partial charge in [-0.2, -0.15) is 0 Å². The van der Waals surface area contributed by atoms with Gasteiger partial charge in [0.1, 0.15) is 6.54 Å². The summed E-state index contributed by atoms with van der Waals surface area (Å²) in [6, 6.07) is 11.6. The van der Waals surface area contributed by atoms with Crippen molar-refractivity contribution >= 4 is 74.1 Å². The largest absolute Gasteiger partial charge is 0.462 e. The number of hydrogen-bond acceptors (Lipinski definition) is 6. The minimum atomic E-state index is -0.600. The summed E-state index contributed by atoms with van der Waals surface area (Å²) >= 11 is 10.2. The van der Waals surface area contributed by atoms with Crippen LogP contribution in [0.2, 0.25) is 5.02 Å². The topological polar surface area (TPSA) is 92.8 Å². The molecule has 2 aromatic rings. The minimum Gasteiger partial charge on any atom is -0.462 e. The Balaban J connectivity index is 1.68. The van der Waals surface area contributed by atoms with Gasteiger partial charge < -0.3 is 10.1 Å². The summed E-state index contributed by atoms with van der Waals surface area (Å²) in [6.07, 6.45) is 2.26. The fourth-order valence-electron chi connectivity index (χ4n) is 2.76. The van der Waals surface area contributed by atoms with E-state index in [1.165, 1.54) is 18.2 Å². The van der Waals surface area contributed by atoms with Gasteiger partial charge in [-0.15, -0.1) is 0 Å². The fraction of sp³-hybridized carbons (Fsp3) is 0.182. The Labute approximate surface area is 202 Å². The number of benzene rings is 2. The lowest BCUT2D eigenvalue weighted by atomic mass is 10.2. The molecule has 1 N–H and O–H groups in total. The molecule has 0 saturated carbocycles. The first-order valence-corrected chi connectivity index (χ1v) is 11.5. The van der Waals surface area contributed by atoms with Crippen LogP contribution in [0.1, 0.15) is 29.3 Å². The average molecular weight is 538 g/mol. The van der Waals surface area contributed by atoms with Crippen LogP contribution in [0.4, 0.5) is 10.5 Å². The number of rotatable bonds is 7. The van der Waals surface area contributed by atoms with E-state index >= 15 is 0 Å². The lowest BCUT2D eigenvalue weighted by Crippen LogP contribution is -2.36. The van der Waals surface area contributed by atoms with E-state index in [1.807, 2.05) is 25.1 Å². The van der Waals surface area contributed by atoms with Crippen molar-refractivity contribution in [2.24, 2.45) is 0 Å². The van der Waals surface area contributed by atoms with E-state index in [4.69, 9.17) is 16.3 Å². The van der Waals surface area contributed by atoms with Gasteiger partial charge in [0.15, 0.2) is 0 Å². The molecule has 2 aromatic carbocycles. The standard InChI is InChI=1S/C22H18BrClN2O5S/c1-2-8-31-21(29)16-11-15(6-7-17(16)24)25-19(27)12-26-20(28)18(32-22(26)30)10-13-4-3-5-14(23)9-13/h3-7,9-11H,2,8,12H2,1H3,(H,25,27)/b18-10+. The van der Waals surface area contributed by atoms with E-state index in [0.717, 1.165) is 26.7 Å². The van der Waals surface area contributed by atoms with E-state index in [1.54, 1.807) is 12.1 Å². The van der Waals surface area contributed by atoms with Gasteiger partial charge in [-0.05, 0) is 60.2 Å². The Morgan fingerprint density at radius 3 is 2.72 bits per heavy atom. The van der Waals surface area contributed by atoms with Crippen LogP contribution in [0.15, 0.2) is 51.8 Å². The Kier molecular flexibility index (Phi) is 8.11. The summed E-state index contributed by atoms with van der Waals surface area (Å²) in [7, 11) is 0. The highest BCUT2D eigenvalue weighted by Crippen LogP contribution is 2.32. The zero-order valence-corrected chi connectivity index (χ0v) is 20.1. The molecule has 166 valence electrons. The molecule has 0 aliphatic carbocycles. The van der Waals surface area contributed by atoms with Crippen LogP contribution in [-0.4, -0.2) is 41.1 Å². The highest BCUT2D eigenvalue weighted by atomic mass is 79.9. The molecule has 1 saturated heterocycles. The number of nitrogens with one attached hydrogen (secondary N) is 1. The summed E-state index contributed by atoms with van der Waals surface area (Å²) in [5.41, 5.74) is 1.15. The first-order valence-electron chi connectivity index (χ1n) is 9.56. The second-order valence-corrected chi connectivity index (χ2v) is 9.02. The highest BCUT2D eigenvalue weighted by Gasteiger charge is 2.36. The van der Waals surface area contributed by atoms with Gasteiger partial charge in [-0.1, -0.05) is 46.6 Å². The molecule has 1 aliphatic heterocycles. The zero-order chi connectivity index (χ0) is 23.3. The maximum Gasteiger partial charge on any atom is 0.339 e. The molecule has 0 spiro atoms. The molecule has 10 heteroatoms. The molecule has 1 fully saturated rings. The van der Waals surface area contributed by atoms with Crippen molar-refractivity contribution in [2.75, 3.05) is 18.5 Å². The van der Waals surface area contributed by atoms with E-state index in [0.29, 0.717) is 12.1 Å². The maximum absolute atomic E-state index is 12.6. The predicted molar refractivity (Wildman–Crippen MR) is 127 cm³/mol. The van der Waals surface area contributed by atoms with E-state index in [2.05, 4.69) is 21.2 Å². The van der Waals surface area contributed by atoms with Gasteiger partial charge in [0.25, 0.3) is 11.1 Å². The molecule has 0 atom stereocenters. The molecule has 0 aromatic heterocycles. The summed E-state index contributed by atoms with van der Waals surface area (Å²) < 4.78 is 5.91. The lowest BCUT2D eigenvalue weighted by molar-refractivity contribution is -0.127. The van der Waals surface area contributed by atoms with Crippen LogP contribution in [-0.2, 0) is 14.3 Å². The second-order valence-electron chi connectivity index (χ2n) is 6.70. The van der Waals surface area contributed by atoms with Crippen LogP contribution in [0, 0.1) is 0 Å². The number of halogens is 2. The summed E-state index contributed by atoms with van der Waals surface area (Å²) in [5.74, 6) is -1.74. The van der Waals surface area contributed by atoms with Crippen molar-refractivity contribution in [3.8, 4) is 0 Å². The molecule has 3 amide bonds. The Hall–Kier alpha value is -2.62. The van der Waals surface area contributed by atoms with Crippen LogP contribution in [0.5, 0.6) is 0 Å². The molecule has 7 nitrogen and oxygen atoms in total. The van der Waals surface area contributed by atoms with Crippen molar-refractivity contribution in [2.45, 2.75) is 13.3 Å². The number of ether oxygens (including phenoxy) is 1. The molecular weight excluding hydrogens is 520 g/mol. The number of carbonyl (C=O) groups is 4. The van der Waals surface area contributed by atoms with Gasteiger partial charge in [0.05, 0.1) is 22.1 Å². The number of amides is 3. The number of thioether (sulfide) groups is 1. The first-order chi connectivity index (χ1) is 15.3. The van der Waals surface area contributed by atoms with Crippen molar-refractivity contribution in [3.63, 3.8) is 0 Å².